The van der Waals surface area contributed by atoms with Crippen LogP contribution in [-0.2, 0) is 14.5 Å². The number of carbonyl (C=O) groups is 1. The minimum absolute atomic E-state index is 0.0850. The van der Waals surface area contributed by atoms with Crippen LogP contribution < -0.4 is 10.7 Å². The monoisotopic (exact) mass is 582 g/mol. The van der Waals surface area contributed by atoms with E-state index >= 15 is 0 Å². The molecule has 0 aromatic rings. The lowest BCUT2D eigenvalue weighted by Crippen LogP contribution is -2.71. The van der Waals surface area contributed by atoms with Gasteiger partial charge in [-0.25, -0.2) is 14.6 Å². The number of fused-ring (bicyclic) bond motifs is 3. The van der Waals surface area contributed by atoms with Gasteiger partial charge in [-0.2, -0.15) is 13.2 Å². The van der Waals surface area contributed by atoms with E-state index in [1.54, 1.807) is 0 Å². The van der Waals surface area contributed by atoms with Crippen molar-refractivity contribution in [2.75, 3.05) is 25.1 Å². The summed E-state index contributed by atoms with van der Waals surface area (Å²) < 4.78 is 62.9. The van der Waals surface area contributed by atoms with Crippen LogP contribution in [0.2, 0.25) is 0 Å². The molecule has 0 aromatic carbocycles. The van der Waals surface area contributed by atoms with E-state index in [1.807, 2.05) is 0 Å². The van der Waals surface area contributed by atoms with Crippen molar-refractivity contribution < 1.29 is 22.2 Å². The van der Waals surface area contributed by atoms with Gasteiger partial charge in [-0.15, -0.1) is 11.6 Å². The fraction of sp³-hybridized carbons (Fsp3) is 0.960. The van der Waals surface area contributed by atoms with E-state index in [1.165, 1.54) is 7.05 Å². The number of hydrogen-bond acceptors (Lipinski definition) is 7. The predicted molar refractivity (Wildman–Crippen MR) is 141 cm³/mol. The molecule has 0 aromatic heterocycles. The van der Waals surface area contributed by atoms with Gasteiger partial charge in [0.15, 0.2) is 0 Å². The molecule has 8 nitrogen and oxygen atoms in total. The molecule has 5 fully saturated rings. The van der Waals surface area contributed by atoms with Gasteiger partial charge >= 0.3 is 6.18 Å². The second-order valence-corrected chi connectivity index (χ2v) is 15.1. The molecule has 6 atom stereocenters. The number of halogens is 4. The summed E-state index contributed by atoms with van der Waals surface area (Å²) in [4.78, 5) is 16.6. The van der Waals surface area contributed by atoms with Gasteiger partial charge in [0.05, 0.1) is 11.7 Å². The van der Waals surface area contributed by atoms with Crippen molar-refractivity contribution in [1.82, 2.24) is 25.6 Å². The van der Waals surface area contributed by atoms with Gasteiger partial charge in [-0.1, -0.05) is 0 Å². The van der Waals surface area contributed by atoms with Gasteiger partial charge in [-0.05, 0) is 64.2 Å². The molecule has 0 spiro atoms. The molecule has 1 saturated carbocycles. The van der Waals surface area contributed by atoms with Gasteiger partial charge in [0.25, 0.3) is 0 Å². The molecule has 38 heavy (non-hydrogen) atoms. The van der Waals surface area contributed by atoms with E-state index < -0.39 is 39.7 Å². The quantitative estimate of drug-likeness (QED) is 0.348. The highest BCUT2D eigenvalue weighted by Crippen LogP contribution is 2.42. The van der Waals surface area contributed by atoms with Crippen molar-refractivity contribution in [1.29, 1.82) is 4.78 Å². The molecule has 0 radical (unpaired) electrons. The third-order valence-electron chi connectivity index (χ3n) is 9.84. The number of alkyl halides is 4. The Balaban J connectivity index is 1.24. The Labute approximate surface area is 229 Å². The zero-order chi connectivity index (χ0) is 27.4. The number of rotatable bonds is 4. The molecule has 0 bridgehead atoms. The van der Waals surface area contributed by atoms with Gasteiger partial charge in [0.2, 0.25) is 5.91 Å². The highest BCUT2D eigenvalue weighted by Gasteiger charge is 2.52. The maximum atomic E-state index is 14.4. The third-order valence-corrected chi connectivity index (χ3v) is 11.9. The van der Waals surface area contributed by atoms with Crippen molar-refractivity contribution in [3.63, 3.8) is 0 Å². The summed E-state index contributed by atoms with van der Waals surface area (Å²) >= 11 is 6.38. The first-order chi connectivity index (χ1) is 17.9. The number of piperidine rings is 1. The maximum absolute atomic E-state index is 14.4. The van der Waals surface area contributed by atoms with Crippen LogP contribution >= 0.6 is 11.6 Å². The highest BCUT2D eigenvalue weighted by molar-refractivity contribution is 7.92. The summed E-state index contributed by atoms with van der Waals surface area (Å²) in [5.41, 5.74) is 3.32. The molecule has 5 aliphatic rings. The summed E-state index contributed by atoms with van der Waals surface area (Å²) in [6.45, 7) is 3.09. The molecular weight excluding hydrogens is 541 g/mol. The van der Waals surface area contributed by atoms with Crippen LogP contribution in [0.1, 0.15) is 64.7 Å². The molecule has 5 rings (SSSR count). The van der Waals surface area contributed by atoms with Gasteiger partial charge in [0.1, 0.15) is 6.04 Å². The number of amides is 1. The van der Waals surface area contributed by atoms with Crippen LogP contribution in [0.3, 0.4) is 0 Å². The molecule has 13 heteroatoms. The molecule has 1 aliphatic carbocycles. The molecule has 4 aliphatic heterocycles. The lowest BCUT2D eigenvalue weighted by atomic mass is 9.77. The van der Waals surface area contributed by atoms with E-state index in [4.69, 9.17) is 16.4 Å². The fourth-order valence-electron chi connectivity index (χ4n) is 7.96. The van der Waals surface area contributed by atoms with E-state index in [0.717, 1.165) is 30.7 Å². The minimum atomic E-state index is -4.51. The zero-order valence-corrected chi connectivity index (χ0v) is 23.8. The van der Waals surface area contributed by atoms with Crippen LogP contribution in [0.15, 0.2) is 0 Å². The van der Waals surface area contributed by atoms with Crippen LogP contribution in [0, 0.1) is 16.6 Å². The van der Waals surface area contributed by atoms with E-state index in [9.17, 15) is 22.2 Å². The Morgan fingerprint density at radius 2 is 1.74 bits per heavy atom. The first-order valence-electron chi connectivity index (χ1n) is 14.1. The third kappa shape index (κ3) is 5.72. The van der Waals surface area contributed by atoms with E-state index in [2.05, 4.69) is 27.6 Å². The first kappa shape index (κ1) is 28.9. The van der Waals surface area contributed by atoms with Crippen molar-refractivity contribution in [3.05, 3.63) is 0 Å². The Kier molecular flexibility index (Phi) is 8.32. The van der Waals surface area contributed by atoms with Crippen molar-refractivity contribution in [3.8, 4) is 0 Å². The Hall–Kier alpha value is -0.660. The molecule has 4 saturated heterocycles. The first-order valence-corrected chi connectivity index (χ1v) is 16.5. The average Bonchev–Trinajstić information content (AvgIpc) is 3.24. The largest absolute Gasteiger partial charge is 0.409 e. The van der Waals surface area contributed by atoms with E-state index in [0.29, 0.717) is 37.8 Å². The SMILES string of the molecule is C[C@@H]1CCC2C(CNC3CC(Cl)NN32)N1C1CCC([C@H](N(C)C(=O)C2CCS(=N)(=O)CC2)C(F)(F)F)CC1. The molecule has 4 unspecified atom stereocenters. The average molecular weight is 583 g/mol. The molecule has 1 amide bonds. The number of carbonyl (C=O) groups excluding carboxylic acids is 1. The zero-order valence-electron chi connectivity index (χ0n) is 22.3. The smallest absolute Gasteiger partial charge is 0.333 e. The van der Waals surface area contributed by atoms with Crippen LogP contribution in [0.4, 0.5) is 13.2 Å². The summed E-state index contributed by atoms with van der Waals surface area (Å²) in [6.07, 6.45) is 1.37. The minimum Gasteiger partial charge on any atom is -0.333 e. The Morgan fingerprint density at radius 1 is 1.08 bits per heavy atom. The molecule has 4 heterocycles. The second kappa shape index (κ2) is 11.0. The number of hydrogen-bond donors (Lipinski definition) is 3. The highest BCUT2D eigenvalue weighted by atomic mass is 35.5. The van der Waals surface area contributed by atoms with E-state index in [-0.39, 0.29) is 48.1 Å². The maximum Gasteiger partial charge on any atom is 0.409 e. The van der Waals surface area contributed by atoms with Crippen LogP contribution in [-0.4, -0.2) is 98.1 Å². The Bertz CT molecular complexity index is 965. The predicted octanol–water partition coefficient (Wildman–Crippen LogP) is 3.32. The number of hydrazine groups is 1. The number of nitrogens with one attached hydrogen (secondary N) is 3. The molecule has 218 valence electrons. The lowest BCUT2D eigenvalue weighted by molar-refractivity contribution is -0.203. The summed E-state index contributed by atoms with van der Waals surface area (Å²) in [6, 6.07) is -0.602. The van der Waals surface area contributed by atoms with Gasteiger partial charge in [0, 0.05) is 71.3 Å². The topological polar surface area (TPSA) is 91.8 Å². The summed E-state index contributed by atoms with van der Waals surface area (Å²) in [5, 5.41) is 5.90. The van der Waals surface area contributed by atoms with Crippen molar-refractivity contribution >= 4 is 27.2 Å². The molecule has 3 N–H and O–H groups in total. The number of nitrogens with zero attached hydrogens (tertiary/aromatic N) is 3. The standard InChI is InChI=1S/C25H42ClF3N6O2S/c1-15-3-8-19-20(14-31-22-13-21(26)32-35(19)22)34(15)18-6-4-16(5-7-18)23(25(27,28)29)33(2)24(36)17-9-11-38(30,37)12-10-17/h15-23,30-32H,3-14H2,1-2H3/t15-,16?,17?,18?,19?,20?,21?,22?,23+,38?/m1/s1. The van der Waals surface area contributed by atoms with Crippen molar-refractivity contribution in [2.24, 2.45) is 11.8 Å². The Morgan fingerprint density at radius 3 is 2.37 bits per heavy atom. The summed E-state index contributed by atoms with van der Waals surface area (Å²) in [5.74, 6) is -1.56. The second-order valence-electron chi connectivity index (χ2n) is 12.2. The summed E-state index contributed by atoms with van der Waals surface area (Å²) in [7, 11) is -1.41. The van der Waals surface area contributed by atoms with Crippen LogP contribution in [0.25, 0.3) is 0 Å². The normalized spacial score (nSPS) is 43.7. The van der Waals surface area contributed by atoms with Gasteiger partial charge < -0.3 is 4.90 Å². The van der Waals surface area contributed by atoms with Crippen LogP contribution in [0.5, 0.6) is 0 Å². The van der Waals surface area contributed by atoms with Gasteiger partial charge in [-0.3, -0.25) is 19.8 Å². The fourth-order valence-corrected chi connectivity index (χ4v) is 9.77. The molecular formula is C25H42ClF3N6O2S. The number of likely N-dealkylation sites (tertiary alicyclic amines) is 1. The lowest BCUT2D eigenvalue weighted by Gasteiger charge is -2.56. The van der Waals surface area contributed by atoms with Crippen molar-refractivity contribution in [2.45, 2.75) is 113 Å².